The summed E-state index contributed by atoms with van der Waals surface area (Å²) in [6.45, 7) is 0.729. The molecule has 0 radical (unpaired) electrons. The topological polar surface area (TPSA) is 48.0 Å². The predicted octanol–water partition coefficient (Wildman–Crippen LogP) is 2.56. The summed E-state index contributed by atoms with van der Waals surface area (Å²) >= 11 is 5.94. The van der Waals surface area contributed by atoms with Crippen molar-refractivity contribution in [2.75, 3.05) is 33.8 Å². The van der Waals surface area contributed by atoms with E-state index in [0.29, 0.717) is 28.7 Å². The van der Waals surface area contributed by atoms with E-state index in [2.05, 4.69) is 0 Å². The molecule has 1 fully saturated rings. The Morgan fingerprint density at radius 1 is 1.24 bits per heavy atom. The molecule has 1 heterocycles. The third kappa shape index (κ3) is 3.02. The van der Waals surface area contributed by atoms with Crippen molar-refractivity contribution in [2.24, 2.45) is 0 Å². The Hall–Kier alpha value is -1.62. The lowest BCUT2D eigenvalue weighted by molar-refractivity contribution is 0.0748. The fraction of sp³-hybridized carbons (Fsp3) is 0.533. The first-order chi connectivity index (χ1) is 10.2. The molecule has 0 aromatic heterocycles. The fourth-order valence-corrected chi connectivity index (χ4v) is 2.95. The van der Waals surface area contributed by atoms with Crippen molar-refractivity contribution in [3.63, 3.8) is 0 Å². The number of carbonyl (C=O) groups excluding carboxylic acids is 1. The Labute approximate surface area is 129 Å². The summed E-state index contributed by atoms with van der Waals surface area (Å²) in [5.41, 5.74) is 0.515. The quantitative estimate of drug-likeness (QED) is 0.784. The van der Waals surface area contributed by atoms with E-state index in [-0.39, 0.29) is 11.9 Å². The van der Waals surface area contributed by atoms with Crippen LogP contribution < -0.4 is 14.2 Å². The van der Waals surface area contributed by atoms with Gasteiger partial charge in [0.05, 0.1) is 21.3 Å². The number of methoxy groups -OCH3 is 3. The van der Waals surface area contributed by atoms with Gasteiger partial charge in [0.2, 0.25) is 5.75 Å². The van der Waals surface area contributed by atoms with Crippen LogP contribution >= 0.6 is 11.6 Å². The molecule has 21 heavy (non-hydrogen) atoms. The minimum absolute atomic E-state index is 0.0580. The zero-order valence-corrected chi connectivity index (χ0v) is 13.3. The largest absolute Gasteiger partial charge is 0.493 e. The Kier molecular flexibility index (Phi) is 5.17. The summed E-state index contributed by atoms with van der Waals surface area (Å²) in [6.07, 6.45) is 1.92. The van der Waals surface area contributed by atoms with Gasteiger partial charge in [-0.15, -0.1) is 11.6 Å². The van der Waals surface area contributed by atoms with Crippen LogP contribution in [-0.2, 0) is 0 Å². The molecule has 0 spiro atoms. The molecule has 1 aromatic carbocycles. The van der Waals surface area contributed by atoms with E-state index in [1.807, 2.05) is 4.90 Å². The van der Waals surface area contributed by atoms with Crippen molar-refractivity contribution < 1.29 is 19.0 Å². The zero-order valence-electron chi connectivity index (χ0n) is 12.5. The van der Waals surface area contributed by atoms with Gasteiger partial charge in [-0.1, -0.05) is 0 Å². The smallest absolute Gasteiger partial charge is 0.254 e. The second-order valence-electron chi connectivity index (χ2n) is 4.86. The number of likely N-dealkylation sites (tertiary alicyclic amines) is 1. The van der Waals surface area contributed by atoms with Gasteiger partial charge in [-0.2, -0.15) is 0 Å². The van der Waals surface area contributed by atoms with Gasteiger partial charge < -0.3 is 19.1 Å². The number of rotatable bonds is 5. The van der Waals surface area contributed by atoms with Crippen LogP contribution in [0.3, 0.4) is 0 Å². The molecule has 0 unspecified atom stereocenters. The summed E-state index contributed by atoms with van der Waals surface area (Å²) in [5.74, 6) is 1.82. The Morgan fingerprint density at radius 2 is 1.86 bits per heavy atom. The monoisotopic (exact) mass is 313 g/mol. The first kappa shape index (κ1) is 15.8. The van der Waals surface area contributed by atoms with E-state index < -0.39 is 0 Å². The Bertz CT molecular complexity index is 495. The molecule has 1 atom stereocenters. The van der Waals surface area contributed by atoms with Crippen LogP contribution in [0.15, 0.2) is 12.1 Å². The normalized spacial score (nSPS) is 17.7. The lowest BCUT2D eigenvalue weighted by Gasteiger charge is -2.23. The molecular weight excluding hydrogens is 294 g/mol. The van der Waals surface area contributed by atoms with Crippen molar-refractivity contribution >= 4 is 17.5 Å². The van der Waals surface area contributed by atoms with E-state index in [4.69, 9.17) is 25.8 Å². The standard InChI is InChI=1S/C15H20ClNO4/c1-19-12-7-10(8-13(20-2)14(12)21-3)15(18)17-6-4-5-11(17)9-16/h7-8,11H,4-6,9H2,1-3H3/t11-/m0/s1. The highest BCUT2D eigenvalue weighted by molar-refractivity contribution is 6.18. The van der Waals surface area contributed by atoms with E-state index in [9.17, 15) is 4.79 Å². The molecule has 116 valence electrons. The molecular formula is C15H20ClNO4. The van der Waals surface area contributed by atoms with Crippen LogP contribution in [-0.4, -0.2) is 50.6 Å². The van der Waals surface area contributed by atoms with Gasteiger partial charge in [-0.3, -0.25) is 4.79 Å². The zero-order chi connectivity index (χ0) is 15.4. The molecule has 0 bridgehead atoms. The van der Waals surface area contributed by atoms with Crippen molar-refractivity contribution in [3.8, 4) is 17.2 Å². The first-order valence-corrected chi connectivity index (χ1v) is 7.36. The molecule has 0 aliphatic carbocycles. The number of halogens is 1. The lowest BCUT2D eigenvalue weighted by Crippen LogP contribution is -2.36. The molecule has 1 amide bonds. The van der Waals surface area contributed by atoms with E-state index in [1.165, 1.54) is 21.3 Å². The molecule has 1 saturated heterocycles. The van der Waals surface area contributed by atoms with E-state index in [0.717, 1.165) is 19.4 Å². The number of benzene rings is 1. The molecule has 6 heteroatoms. The molecule has 1 aromatic rings. The van der Waals surface area contributed by atoms with Gasteiger partial charge in [0.15, 0.2) is 11.5 Å². The SMILES string of the molecule is COc1cc(C(=O)N2CCC[C@H]2CCl)cc(OC)c1OC. The highest BCUT2D eigenvalue weighted by atomic mass is 35.5. The van der Waals surface area contributed by atoms with Gasteiger partial charge in [0.1, 0.15) is 0 Å². The second kappa shape index (κ2) is 6.89. The summed E-state index contributed by atoms with van der Waals surface area (Å²) < 4.78 is 15.8. The highest BCUT2D eigenvalue weighted by Crippen LogP contribution is 2.38. The third-order valence-electron chi connectivity index (χ3n) is 3.73. The number of alkyl halides is 1. The van der Waals surface area contributed by atoms with E-state index >= 15 is 0 Å². The lowest BCUT2D eigenvalue weighted by atomic mass is 10.1. The highest BCUT2D eigenvalue weighted by Gasteiger charge is 2.30. The van der Waals surface area contributed by atoms with Crippen molar-refractivity contribution in [2.45, 2.75) is 18.9 Å². The van der Waals surface area contributed by atoms with Crippen LogP contribution in [0.4, 0.5) is 0 Å². The maximum Gasteiger partial charge on any atom is 0.254 e. The van der Waals surface area contributed by atoms with Crippen molar-refractivity contribution in [1.82, 2.24) is 4.90 Å². The average Bonchev–Trinajstić information content (AvgIpc) is 3.01. The van der Waals surface area contributed by atoms with Crippen LogP contribution in [0.25, 0.3) is 0 Å². The molecule has 0 N–H and O–H groups in total. The Morgan fingerprint density at radius 3 is 2.33 bits per heavy atom. The third-order valence-corrected chi connectivity index (χ3v) is 4.08. The number of hydrogen-bond acceptors (Lipinski definition) is 4. The van der Waals surface area contributed by atoms with E-state index in [1.54, 1.807) is 12.1 Å². The number of ether oxygens (including phenoxy) is 3. The Balaban J connectivity index is 2.37. The summed E-state index contributed by atoms with van der Waals surface area (Å²) in [4.78, 5) is 14.5. The molecule has 0 saturated carbocycles. The minimum Gasteiger partial charge on any atom is -0.493 e. The van der Waals surface area contributed by atoms with Crippen molar-refractivity contribution in [1.29, 1.82) is 0 Å². The summed E-state index contributed by atoms with van der Waals surface area (Å²) in [7, 11) is 4.60. The second-order valence-corrected chi connectivity index (χ2v) is 5.17. The summed E-state index contributed by atoms with van der Waals surface area (Å²) in [5, 5.41) is 0. The maximum atomic E-state index is 12.7. The minimum atomic E-state index is -0.0580. The number of carbonyl (C=O) groups is 1. The maximum absolute atomic E-state index is 12.7. The first-order valence-electron chi connectivity index (χ1n) is 6.83. The molecule has 1 aliphatic heterocycles. The van der Waals surface area contributed by atoms with Gasteiger partial charge in [-0.25, -0.2) is 0 Å². The number of hydrogen-bond donors (Lipinski definition) is 0. The van der Waals surface area contributed by atoms with Gasteiger partial charge >= 0.3 is 0 Å². The van der Waals surface area contributed by atoms with Crippen LogP contribution in [0.2, 0.25) is 0 Å². The molecule has 5 nitrogen and oxygen atoms in total. The average molecular weight is 314 g/mol. The molecule has 1 aliphatic rings. The predicted molar refractivity (Wildman–Crippen MR) is 80.9 cm³/mol. The van der Waals surface area contributed by atoms with Crippen LogP contribution in [0, 0.1) is 0 Å². The van der Waals surface area contributed by atoms with Crippen LogP contribution in [0.5, 0.6) is 17.2 Å². The van der Waals surface area contributed by atoms with Gasteiger partial charge in [0.25, 0.3) is 5.91 Å². The summed E-state index contributed by atoms with van der Waals surface area (Å²) in [6, 6.07) is 3.44. The van der Waals surface area contributed by atoms with Crippen molar-refractivity contribution in [3.05, 3.63) is 17.7 Å². The molecule has 2 rings (SSSR count). The number of amides is 1. The van der Waals surface area contributed by atoms with Crippen LogP contribution in [0.1, 0.15) is 23.2 Å². The van der Waals surface area contributed by atoms with Gasteiger partial charge in [-0.05, 0) is 25.0 Å². The fourth-order valence-electron chi connectivity index (χ4n) is 2.63. The van der Waals surface area contributed by atoms with Gasteiger partial charge in [0, 0.05) is 24.0 Å². The number of nitrogens with zero attached hydrogens (tertiary/aromatic N) is 1.